The van der Waals surface area contributed by atoms with Crippen molar-refractivity contribution in [3.63, 3.8) is 0 Å². The van der Waals surface area contributed by atoms with Gasteiger partial charge in [-0.05, 0) is 24.5 Å². The monoisotopic (exact) mass is 279 g/mol. The number of halogens is 1. The molecule has 1 aromatic rings. The van der Waals surface area contributed by atoms with Crippen molar-refractivity contribution in [1.29, 1.82) is 0 Å². The van der Waals surface area contributed by atoms with Crippen LogP contribution in [0.15, 0.2) is 29.4 Å². The highest BCUT2D eigenvalue weighted by atomic mass is 19.1. The Kier molecular flexibility index (Phi) is 4.55. The van der Waals surface area contributed by atoms with E-state index < -0.39 is 0 Å². The van der Waals surface area contributed by atoms with Gasteiger partial charge in [0.05, 0.1) is 6.42 Å². The van der Waals surface area contributed by atoms with E-state index in [0.29, 0.717) is 5.56 Å². The summed E-state index contributed by atoms with van der Waals surface area (Å²) in [5.41, 5.74) is 5.97. The fourth-order valence-electron chi connectivity index (χ4n) is 2.63. The van der Waals surface area contributed by atoms with E-state index in [-0.39, 0.29) is 35.9 Å². The van der Waals surface area contributed by atoms with Gasteiger partial charge in [0.15, 0.2) is 0 Å². The smallest absolute Gasteiger partial charge is 0.224 e. The molecule has 1 saturated carbocycles. The molecule has 1 aromatic carbocycles. The number of nitrogens with zero attached hydrogens (tertiary/aromatic N) is 1. The van der Waals surface area contributed by atoms with Gasteiger partial charge >= 0.3 is 0 Å². The van der Waals surface area contributed by atoms with Crippen LogP contribution in [0, 0.1) is 11.7 Å². The van der Waals surface area contributed by atoms with E-state index in [1.54, 1.807) is 18.2 Å². The molecule has 0 radical (unpaired) electrons. The fraction of sp³-hybridized carbons (Fsp3) is 0.429. The maximum absolute atomic E-state index is 13.5. The van der Waals surface area contributed by atoms with Gasteiger partial charge in [0.2, 0.25) is 5.91 Å². The minimum atomic E-state index is -0.387. The zero-order valence-electron chi connectivity index (χ0n) is 11.1. The molecule has 20 heavy (non-hydrogen) atoms. The summed E-state index contributed by atoms with van der Waals surface area (Å²) in [5, 5.41) is 14.6. The first-order chi connectivity index (χ1) is 9.61. The maximum Gasteiger partial charge on any atom is 0.224 e. The first-order valence-corrected chi connectivity index (χ1v) is 6.62. The number of carbonyl (C=O) groups excluding carboxylic acids is 1. The molecule has 2 atom stereocenters. The second-order valence-electron chi connectivity index (χ2n) is 5.00. The number of amides is 1. The number of amidine groups is 1. The van der Waals surface area contributed by atoms with Crippen molar-refractivity contribution < 1.29 is 14.4 Å². The molecule has 108 valence electrons. The van der Waals surface area contributed by atoms with Crippen molar-refractivity contribution in [2.75, 3.05) is 0 Å². The molecule has 0 spiro atoms. The molecule has 0 bridgehead atoms. The SMILES string of the molecule is NC(=NO)C1CCCC1NC(=O)Cc1ccccc1F. The van der Waals surface area contributed by atoms with Crippen molar-refractivity contribution in [2.45, 2.75) is 31.7 Å². The molecule has 2 rings (SSSR count). The van der Waals surface area contributed by atoms with Crippen molar-refractivity contribution >= 4 is 11.7 Å². The quantitative estimate of drug-likeness (QED) is 0.337. The average Bonchev–Trinajstić information content (AvgIpc) is 2.88. The Morgan fingerprint density at radius 1 is 1.45 bits per heavy atom. The minimum Gasteiger partial charge on any atom is -0.409 e. The summed E-state index contributed by atoms with van der Waals surface area (Å²) in [6.07, 6.45) is 2.46. The number of benzene rings is 1. The van der Waals surface area contributed by atoms with Crippen LogP contribution in [-0.4, -0.2) is 23.0 Å². The second-order valence-corrected chi connectivity index (χ2v) is 5.00. The average molecular weight is 279 g/mol. The molecule has 6 heteroatoms. The molecular weight excluding hydrogens is 261 g/mol. The Morgan fingerprint density at radius 2 is 2.20 bits per heavy atom. The molecule has 4 N–H and O–H groups in total. The lowest BCUT2D eigenvalue weighted by molar-refractivity contribution is -0.121. The molecule has 0 aromatic heterocycles. The lowest BCUT2D eigenvalue weighted by atomic mass is 10.0. The number of rotatable bonds is 4. The van der Waals surface area contributed by atoms with Crippen LogP contribution in [0.4, 0.5) is 4.39 Å². The maximum atomic E-state index is 13.5. The van der Waals surface area contributed by atoms with Gasteiger partial charge < -0.3 is 16.3 Å². The summed E-state index contributed by atoms with van der Waals surface area (Å²) in [6, 6.07) is 6.05. The molecule has 0 aliphatic heterocycles. The summed E-state index contributed by atoms with van der Waals surface area (Å²) in [7, 11) is 0. The van der Waals surface area contributed by atoms with E-state index in [4.69, 9.17) is 10.9 Å². The van der Waals surface area contributed by atoms with Crippen LogP contribution in [0.5, 0.6) is 0 Å². The number of carbonyl (C=O) groups is 1. The molecule has 1 fully saturated rings. The van der Waals surface area contributed by atoms with Gasteiger partial charge in [-0.15, -0.1) is 0 Å². The van der Waals surface area contributed by atoms with Gasteiger partial charge in [0.25, 0.3) is 0 Å². The van der Waals surface area contributed by atoms with Crippen LogP contribution < -0.4 is 11.1 Å². The normalized spacial score (nSPS) is 22.8. The Labute approximate surface area is 116 Å². The molecular formula is C14H18FN3O2. The van der Waals surface area contributed by atoms with Gasteiger partial charge in [0.1, 0.15) is 11.7 Å². The lowest BCUT2D eigenvalue weighted by Gasteiger charge is -2.19. The van der Waals surface area contributed by atoms with Crippen molar-refractivity contribution in [3.8, 4) is 0 Å². The lowest BCUT2D eigenvalue weighted by Crippen LogP contribution is -2.43. The van der Waals surface area contributed by atoms with Crippen molar-refractivity contribution in [1.82, 2.24) is 5.32 Å². The first kappa shape index (κ1) is 14.3. The number of hydrogen-bond acceptors (Lipinski definition) is 3. The number of oxime groups is 1. The molecule has 0 heterocycles. The van der Waals surface area contributed by atoms with Gasteiger partial charge in [0, 0.05) is 12.0 Å². The van der Waals surface area contributed by atoms with Crippen molar-refractivity contribution in [3.05, 3.63) is 35.6 Å². The van der Waals surface area contributed by atoms with Crippen LogP contribution in [0.1, 0.15) is 24.8 Å². The minimum absolute atomic E-state index is 0.00787. The number of nitrogens with one attached hydrogen (secondary N) is 1. The third-order valence-electron chi connectivity index (χ3n) is 3.67. The largest absolute Gasteiger partial charge is 0.409 e. The highest BCUT2D eigenvalue weighted by molar-refractivity contribution is 5.85. The Bertz CT molecular complexity index is 519. The van der Waals surface area contributed by atoms with E-state index in [1.165, 1.54) is 6.07 Å². The van der Waals surface area contributed by atoms with Gasteiger partial charge in [-0.2, -0.15) is 0 Å². The van der Waals surface area contributed by atoms with Crippen LogP contribution in [0.2, 0.25) is 0 Å². The molecule has 1 aliphatic carbocycles. The zero-order chi connectivity index (χ0) is 14.5. The predicted octanol–water partition coefficient (Wildman–Crippen LogP) is 1.40. The highest BCUT2D eigenvalue weighted by Crippen LogP contribution is 2.25. The summed E-state index contributed by atoms with van der Waals surface area (Å²) < 4.78 is 13.5. The van der Waals surface area contributed by atoms with Crippen LogP contribution in [0.3, 0.4) is 0 Å². The van der Waals surface area contributed by atoms with Gasteiger partial charge in [-0.1, -0.05) is 29.8 Å². The highest BCUT2D eigenvalue weighted by Gasteiger charge is 2.31. The van der Waals surface area contributed by atoms with Crippen LogP contribution >= 0.6 is 0 Å². The standard InChI is InChI=1S/C14H18FN3O2/c15-11-6-2-1-4-9(11)8-13(19)17-12-7-3-5-10(12)14(16)18-20/h1-2,4,6,10,12,20H,3,5,7-8H2,(H2,16,18)(H,17,19). The van der Waals surface area contributed by atoms with Crippen LogP contribution in [0.25, 0.3) is 0 Å². The molecule has 1 amide bonds. The second kappa shape index (κ2) is 6.36. The Balaban J connectivity index is 1.96. The summed E-state index contributed by atoms with van der Waals surface area (Å²) in [6.45, 7) is 0. The van der Waals surface area contributed by atoms with E-state index >= 15 is 0 Å². The molecule has 2 unspecified atom stereocenters. The van der Waals surface area contributed by atoms with Crippen molar-refractivity contribution in [2.24, 2.45) is 16.8 Å². The van der Waals surface area contributed by atoms with E-state index in [0.717, 1.165) is 19.3 Å². The van der Waals surface area contributed by atoms with E-state index in [1.807, 2.05) is 0 Å². The van der Waals surface area contributed by atoms with Gasteiger partial charge in [-0.3, -0.25) is 4.79 Å². The number of hydrogen-bond donors (Lipinski definition) is 3. The third kappa shape index (κ3) is 3.26. The Hall–Kier alpha value is -2.11. The first-order valence-electron chi connectivity index (χ1n) is 6.62. The topological polar surface area (TPSA) is 87.7 Å². The fourth-order valence-corrected chi connectivity index (χ4v) is 2.63. The predicted molar refractivity (Wildman–Crippen MR) is 72.8 cm³/mol. The van der Waals surface area contributed by atoms with E-state index in [9.17, 15) is 9.18 Å². The summed E-state index contributed by atoms with van der Waals surface area (Å²) in [4.78, 5) is 12.0. The summed E-state index contributed by atoms with van der Waals surface area (Å²) in [5.74, 6) is -0.650. The third-order valence-corrected chi connectivity index (χ3v) is 3.67. The number of nitrogens with two attached hydrogens (primary N) is 1. The molecule has 0 saturated heterocycles. The zero-order valence-corrected chi connectivity index (χ0v) is 11.1. The van der Waals surface area contributed by atoms with E-state index in [2.05, 4.69) is 10.5 Å². The van der Waals surface area contributed by atoms with Crippen LogP contribution in [-0.2, 0) is 11.2 Å². The molecule has 5 nitrogen and oxygen atoms in total. The Morgan fingerprint density at radius 3 is 2.90 bits per heavy atom. The van der Waals surface area contributed by atoms with Gasteiger partial charge in [-0.25, -0.2) is 4.39 Å². The summed E-state index contributed by atoms with van der Waals surface area (Å²) >= 11 is 0. The molecule has 1 aliphatic rings.